The van der Waals surface area contributed by atoms with Crippen LogP contribution >= 0.6 is 12.2 Å². The van der Waals surface area contributed by atoms with Crippen molar-refractivity contribution in [3.05, 3.63) is 11.8 Å². The smallest absolute Gasteiger partial charge is 0.167 e. The van der Waals surface area contributed by atoms with Crippen molar-refractivity contribution in [2.75, 3.05) is 0 Å². The van der Waals surface area contributed by atoms with Gasteiger partial charge < -0.3 is 5.11 Å². The fraction of sp³-hybridized carbons (Fsp3) is 0. The Morgan fingerprint density at radius 2 is 2.43 bits per heavy atom. The summed E-state index contributed by atoms with van der Waals surface area (Å²) in [6.45, 7) is 0. The molecule has 0 spiro atoms. The standard InChI is InChI=1S/C4H3NOS/c6-3-1-2-5-4(3)7/h1-2H,(H,5,6,7). The highest BCUT2D eigenvalue weighted by molar-refractivity contribution is 7.80. The molecule has 0 aliphatic carbocycles. The first kappa shape index (κ1) is 4.46. The Morgan fingerprint density at radius 1 is 1.71 bits per heavy atom. The molecule has 0 radical (unpaired) electrons. The summed E-state index contributed by atoms with van der Waals surface area (Å²) in [6.07, 6.45) is 2.93. The molecular formula is C4H3NOS. The Morgan fingerprint density at radius 3 is 2.57 bits per heavy atom. The Bertz CT molecular complexity index is 159. The summed E-state index contributed by atoms with van der Waals surface area (Å²) in [7, 11) is 0. The van der Waals surface area contributed by atoms with Crippen LogP contribution < -0.4 is 0 Å². The average molecular weight is 113 g/mol. The van der Waals surface area contributed by atoms with Gasteiger partial charge in [-0.1, -0.05) is 12.2 Å². The zero-order valence-corrected chi connectivity index (χ0v) is 4.27. The van der Waals surface area contributed by atoms with E-state index in [4.69, 9.17) is 5.11 Å². The fourth-order valence-corrected chi connectivity index (χ4v) is 0.442. The molecule has 0 atom stereocenters. The highest BCUT2D eigenvalue weighted by Crippen LogP contribution is 1.98. The number of hydrogen-bond acceptors (Lipinski definition) is 2. The third-order valence-corrected chi connectivity index (χ3v) is 0.958. The van der Waals surface area contributed by atoms with E-state index in [2.05, 4.69) is 17.2 Å². The summed E-state index contributed by atoms with van der Waals surface area (Å²) in [4.78, 5) is 3.86. The largest absolute Gasteiger partial charge is 0.505 e. The third-order valence-electron chi connectivity index (χ3n) is 0.643. The number of aliphatic hydroxyl groups excluding tert-OH is 1. The summed E-state index contributed by atoms with van der Waals surface area (Å²) in [5.74, 6) is 0.0926. The molecule has 7 heavy (non-hydrogen) atoms. The number of thiocarbonyl (C=S) groups is 1. The zero-order chi connectivity index (χ0) is 5.28. The first-order chi connectivity index (χ1) is 3.30. The SMILES string of the molecule is OC1=CC=NC1=S. The van der Waals surface area contributed by atoms with Crippen molar-refractivity contribution in [1.29, 1.82) is 0 Å². The van der Waals surface area contributed by atoms with Gasteiger partial charge >= 0.3 is 0 Å². The average Bonchev–Trinajstić information content (AvgIpc) is 1.91. The molecule has 0 bridgehead atoms. The molecule has 1 aliphatic heterocycles. The van der Waals surface area contributed by atoms with Gasteiger partial charge in [0.25, 0.3) is 0 Å². The fourth-order valence-electron chi connectivity index (χ4n) is 0.313. The van der Waals surface area contributed by atoms with E-state index in [1.807, 2.05) is 0 Å². The van der Waals surface area contributed by atoms with Crippen LogP contribution in [0.3, 0.4) is 0 Å². The second-order valence-corrected chi connectivity index (χ2v) is 1.52. The minimum absolute atomic E-state index is 0.0926. The van der Waals surface area contributed by atoms with Gasteiger partial charge in [-0.15, -0.1) is 0 Å². The summed E-state index contributed by atoms with van der Waals surface area (Å²) < 4.78 is 0. The van der Waals surface area contributed by atoms with Crippen molar-refractivity contribution in [3.63, 3.8) is 0 Å². The Kier molecular flexibility index (Phi) is 0.906. The lowest BCUT2D eigenvalue weighted by Gasteiger charge is -1.82. The Labute approximate surface area is 46.2 Å². The first-order valence-corrected chi connectivity index (χ1v) is 2.19. The monoisotopic (exact) mass is 113 g/mol. The molecule has 2 nitrogen and oxygen atoms in total. The van der Waals surface area contributed by atoms with Crippen LogP contribution in [0.1, 0.15) is 0 Å². The van der Waals surface area contributed by atoms with Gasteiger partial charge in [-0.25, -0.2) is 4.99 Å². The quantitative estimate of drug-likeness (QED) is 0.472. The minimum atomic E-state index is 0.0926. The molecule has 1 heterocycles. The summed E-state index contributed by atoms with van der Waals surface area (Å²) in [6, 6.07) is 0. The summed E-state index contributed by atoms with van der Waals surface area (Å²) in [5, 5.41) is 8.59. The van der Waals surface area contributed by atoms with Gasteiger partial charge in [0.15, 0.2) is 10.7 Å². The molecule has 0 aromatic heterocycles. The second kappa shape index (κ2) is 1.42. The minimum Gasteiger partial charge on any atom is -0.505 e. The van der Waals surface area contributed by atoms with E-state index in [0.29, 0.717) is 0 Å². The highest BCUT2D eigenvalue weighted by Gasteiger charge is 2.01. The molecule has 3 heteroatoms. The van der Waals surface area contributed by atoms with Crippen LogP contribution in [0.4, 0.5) is 0 Å². The van der Waals surface area contributed by atoms with Crippen LogP contribution in [0.5, 0.6) is 0 Å². The summed E-state index contributed by atoms with van der Waals surface area (Å²) in [5.41, 5.74) is 0. The van der Waals surface area contributed by atoms with Gasteiger partial charge in [0, 0.05) is 12.3 Å². The van der Waals surface area contributed by atoms with Crippen LogP contribution in [0.15, 0.2) is 16.8 Å². The predicted molar refractivity (Wildman–Crippen MR) is 31.8 cm³/mol. The van der Waals surface area contributed by atoms with E-state index in [-0.39, 0.29) is 10.7 Å². The highest BCUT2D eigenvalue weighted by atomic mass is 32.1. The molecule has 1 N–H and O–H groups in total. The number of rotatable bonds is 0. The van der Waals surface area contributed by atoms with Crippen molar-refractivity contribution in [1.82, 2.24) is 0 Å². The topological polar surface area (TPSA) is 32.6 Å². The van der Waals surface area contributed by atoms with E-state index in [9.17, 15) is 0 Å². The van der Waals surface area contributed by atoms with Crippen molar-refractivity contribution in [2.24, 2.45) is 4.99 Å². The maximum atomic E-state index is 8.59. The number of aliphatic imine (C=N–C) groups is 1. The maximum absolute atomic E-state index is 8.59. The van der Waals surface area contributed by atoms with Crippen LogP contribution in [0.2, 0.25) is 0 Å². The van der Waals surface area contributed by atoms with Crippen LogP contribution in [0.25, 0.3) is 0 Å². The molecule has 0 aromatic rings. The van der Waals surface area contributed by atoms with Crippen LogP contribution in [-0.2, 0) is 0 Å². The molecule has 0 unspecified atom stereocenters. The molecule has 1 rings (SSSR count). The maximum Gasteiger partial charge on any atom is 0.167 e. The lowest BCUT2D eigenvalue weighted by molar-refractivity contribution is 0.446. The van der Waals surface area contributed by atoms with Crippen molar-refractivity contribution >= 4 is 23.4 Å². The number of nitrogens with zero attached hydrogens (tertiary/aromatic N) is 1. The van der Waals surface area contributed by atoms with E-state index in [0.717, 1.165) is 0 Å². The van der Waals surface area contributed by atoms with Crippen molar-refractivity contribution in [3.8, 4) is 0 Å². The van der Waals surface area contributed by atoms with E-state index >= 15 is 0 Å². The van der Waals surface area contributed by atoms with E-state index < -0.39 is 0 Å². The second-order valence-electron chi connectivity index (χ2n) is 1.14. The molecular weight excluding hydrogens is 110 g/mol. The van der Waals surface area contributed by atoms with Gasteiger partial charge in [0.1, 0.15) is 0 Å². The van der Waals surface area contributed by atoms with Gasteiger partial charge in [-0.3, -0.25) is 0 Å². The van der Waals surface area contributed by atoms with Crippen molar-refractivity contribution in [2.45, 2.75) is 0 Å². The molecule has 0 saturated carbocycles. The molecule has 0 amide bonds. The Balaban J connectivity index is 2.89. The number of hydrogen-bond donors (Lipinski definition) is 1. The number of aliphatic hydroxyl groups is 1. The zero-order valence-electron chi connectivity index (χ0n) is 3.46. The molecule has 36 valence electrons. The molecule has 0 aromatic carbocycles. The Hall–Kier alpha value is -0.700. The van der Waals surface area contributed by atoms with Crippen molar-refractivity contribution < 1.29 is 5.11 Å². The first-order valence-electron chi connectivity index (χ1n) is 1.78. The van der Waals surface area contributed by atoms with Gasteiger partial charge in [0.05, 0.1) is 0 Å². The lowest BCUT2D eigenvalue weighted by Crippen LogP contribution is -1.86. The van der Waals surface area contributed by atoms with Gasteiger partial charge in [0.2, 0.25) is 0 Å². The third kappa shape index (κ3) is 0.667. The predicted octanol–water partition coefficient (Wildman–Crippen LogP) is 0.840. The number of allylic oxidation sites excluding steroid dienone is 1. The van der Waals surface area contributed by atoms with Crippen LogP contribution in [-0.4, -0.2) is 16.3 Å². The molecule has 0 saturated heterocycles. The molecule has 0 fully saturated rings. The van der Waals surface area contributed by atoms with Crippen LogP contribution in [0, 0.1) is 0 Å². The van der Waals surface area contributed by atoms with E-state index in [1.165, 1.54) is 12.3 Å². The van der Waals surface area contributed by atoms with Gasteiger partial charge in [-0.2, -0.15) is 0 Å². The van der Waals surface area contributed by atoms with E-state index in [1.54, 1.807) is 0 Å². The molecule has 1 aliphatic rings. The lowest BCUT2D eigenvalue weighted by atomic mass is 10.5. The normalized spacial score (nSPS) is 17.7. The van der Waals surface area contributed by atoms with Gasteiger partial charge in [-0.05, 0) is 0 Å². The summed E-state index contributed by atoms with van der Waals surface area (Å²) >= 11 is 4.53.